The molecular weight excluding hydrogens is 530 g/mol. The van der Waals surface area contributed by atoms with Gasteiger partial charge >= 0.3 is 6.16 Å². The highest BCUT2D eigenvalue weighted by molar-refractivity contribution is 7.85. The molecule has 1 unspecified atom stereocenters. The van der Waals surface area contributed by atoms with E-state index in [1.54, 1.807) is 0 Å². The van der Waals surface area contributed by atoms with E-state index < -0.39 is 34.2 Å². The molecule has 0 heterocycles. The monoisotopic (exact) mass is 577 g/mol. The Hall–Kier alpha value is -1.47. The first-order valence-corrected chi connectivity index (χ1v) is 15.8. The molecule has 39 heavy (non-hydrogen) atoms. The maximum atomic E-state index is 12.2. The molecule has 0 radical (unpaired) electrons. The smallest absolute Gasteiger partial charge is 0.450 e. The van der Waals surface area contributed by atoms with Gasteiger partial charge in [-0.2, -0.15) is 8.42 Å². The van der Waals surface area contributed by atoms with Crippen LogP contribution in [0.25, 0.3) is 0 Å². The highest BCUT2D eigenvalue weighted by Gasteiger charge is 2.65. The van der Waals surface area contributed by atoms with Gasteiger partial charge in [-0.1, -0.05) is 20.8 Å². The van der Waals surface area contributed by atoms with Crippen LogP contribution >= 0.6 is 0 Å². The van der Waals surface area contributed by atoms with Crippen molar-refractivity contribution < 1.29 is 48.1 Å². The summed E-state index contributed by atoms with van der Waals surface area (Å²) < 4.78 is 30.5. The third-order valence-corrected chi connectivity index (χ3v) is 11.7. The highest BCUT2D eigenvalue weighted by atomic mass is 32.2. The van der Waals surface area contributed by atoms with Crippen molar-refractivity contribution in [3.8, 4) is 0 Å². The van der Waals surface area contributed by atoms with Gasteiger partial charge in [-0.25, -0.2) is 4.79 Å². The van der Waals surface area contributed by atoms with Gasteiger partial charge in [-0.3, -0.25) is 9.35 Å². The van der Waals surface area contributed by atoms with Gasteiger partial charge in [-0.15, -0.1) is 0 Å². The normalized spacial score (nSPS) is 42.1. The van der Waals surface area contributed by atoms with Crippen LogP contribution in [0.2, 0.25) is 0 Å². The minimum absolute atomic E-state index is 0.0509. The second-order valence-corrected chi connectivity index (χ2v) is 14.5. The van der Waals surface area contributed by atoms with Crippen molar-refractivity contribution >= 4 is 22.2 Å². The molecule has 12 heteroatoms. The van der Waals surface area contributed by atoms with Crippen LogP contribution in [0, 0.1) is 46.3 Å². The number of aliphatic hydroxyl groups is 3. The Morgan fingerprint density at radius 2 is 1.64 bits per heavy atom. The molecule has 4 aliphatic carbocycles. The number of carbonyl (C=O) groups excluding carboxylic acids is 1. The third kappa shape index (κ3) is 6.89. The van der Waals surface area contributed by atoms with Crippen molar-refractivity contribution in [3.05, 3.63) is 0 Å². The summed E-state index contributed by atoms with van der Waals surface area (Å²) in [4.78, 5) is 20.8. The summed E-state index contributed by atoms with van der Waals surface area (Å²) in [6.45, 7) is 6.56. The lowest BCUT2D eigenvalue weighted by Gasteiger charge is -2.63. The molecular formula is C27H47NO10S. The lowest BCUT2D eigenvalue weighted by molar-refractivity contribution is -0.207. The van der Waals surface area contributed by atoms with E-state index in [0.29, 0.717) is 18.8 Å². The number of fused-ring (bicyclic) bond motifs is 5. The standard InChI is InChI=1S/C26H45NO7S.CH2O3/c1-15(4-7-23(31)27-10-11-35(32,33)34)18-5-6-19-24-20(14-22(30)26(18,19)3)25(2)9-8-17(28)12-16(25)13-21(24)29;2-1(3)4/h15-22,24,28-30H,4-14H2,1-3H3,(H,27,31)(H,32,33,34);(H2,2,3,4)/t15-,16?,17-,18-,19+,20+,21-,22+,24+,25+,26-;/m1./s1. The Labute approximate surface area is 231 Å². The van der Waals surface area contributed by atoms with Gasteiger partial charge in [-0.05, 0) is 97.7 Å². The molecule has 1 amide bonds. The number of aliphatic hydroxyl groups excluding tert-OH is 3. The Morgan fingerprint density at radius 1 is 1.00 bits per heavy atom. The second kappa shape index (κ2) is 12.2. The van der Waals surface area contributed by atoms with E-state index in [1.165, 1.54) is 0 Å². The molecule has 0 spiro atoms. The second-order valence-electron chi connectivity index (χ2n) is 13.0. The molecule has 0 aromatic heterocycles. The molecule has 0 aromatic carbocycles. The van der Waals surface area contributed by atoms with Gasteiger partial charge in [0.1, 0.15) is 0 Å². The van der Waals surface area contributed by atoms with Crippen LogP contribution in [0.15, 0.2) is 0 Å². The van der Waals surface area contributed by atoms with E-state index in [4.69, 9.17) is 19.6 Å². The predicted octanol–water partition coefficient (Wildman–Crippen LogP) is 2.59. The molecule has 0 saturated heterocycles. The average Bonchev–Trinajstić information content (AvgIpc) is 3.16. The fraction of sp³-hybridized carbons (Fsp3) is 0.926. The zero-order chi connectivity index (χ0) is 29.3. The Kier molecular flexibility index (Phi) is 10.0. The van der Waals surface area contributed by atoms with Crippen LogP contribution in [0.1, 0.15) is 78.6 Å². The van der Waals surface area contributed by atoms with Crippen molar-refractivity contribution in [2.24, 2.45) is 46.3 Å². The quantitative estimate of drug-likeness (QED) is 0.220. The van der Waals surface area contributed by atoms with Crippen LogP contribution in [0.5, 0.6) is 0 Å². The Morgan fingerprint density at radius 3 is 2.26 bits per heavy atom. The number of hydrogen-bond donors (Lipinski definition) is 7. The summed E-state index contributed by atoms with van der Waals surface area (Å²) >= 11 is 0. The van der Waals surface area contributed by atoms with E-state index in [2.05, 4.69) is 26.1 Å². The maximum Gasteiger partial charge on any atom is 0.503 e. The first kappa shape index (κ1) is 32.0. The average molecular weight is 578 g/mol. The molecule has 7 N–H and O–H groups in total. The van der Waals surface area contributed by atoms with Crippen LogP contribution in [0.4, 0.5) is 4.79 Å². The van der Waals surface area contributed by atoms with Gasteiger partial charge in [0.05, 0.1) is 24.1 Å². The maximum absolute atomic E-state index is 12.2. The topological polar surface area (TPSA) is 202 Å². The minimum atomic E-state index is -4.10. The molecule has 4 rings (SSSR count). The number of amides is 1. The predicted molar refractivity (Wildman–Crippen MR) is 142 cm³/mol. The number of carbonyl (C=O) groups is 2. The van der Waals surface area contributed by atoms with Crippen LogP contribution in [0.3, 0.4) is 0 Å². The van der Waals surface area contributed by atoms with E-state index >= 15 is 0 Å². The first-order valence-electron chi connectivity index (χ1n) is 14.2. The largest absolute Gasteiger partial charge is 0.503 e. The minimum Gasteiger partial charge on any atom is -0.450 e. The zero-order valence-electron chi connectivity index (χ0n) is 23.2. The fourth-order valence-electron chi connectivity index (χ4n) is 9.10. The lowest BCUT2D eigenvalue weighted by atomic mass is 9.43. The van der Waals surface area contributed by atoms with Crippen molar-refractivity contribution in [1.29, 1.82) is 0 Å². The summed E-state index contributed by atoms with van der Waals surface area (Å²) in [6.07, 6.45) is 3.83. The van der Waals surface area contributed by atoms with E-state index in [9.17, 15) is 28.5 Å². The van der Waals surface area contributed by atoms with Gasteiger partial charge in [0.2, 0.25) is 5.91 Å². The molecule has 226 valence electrons. The molecule has 0 bridgehead atoms. The third-order valence-electron chi connectivity index (χ3n) is 11.0. The van der Waals surface area contributed by atoms with Gasteiger partial charge < -0.3 is 30.8 Å². The molecule has 0 aliphatic heterocycles. The zero-order valence-corrected chi connectivity index (χ0v) is 24.0. The van der Waals surface area contributed by atoms with Gasteiger partial charge in [0.15, 0.2) is 0 Å². The SMILES string of the molecule is C[C@H](CCC(=O)NCCS(=O)(=O)O)[C@H]1CC[C@H]2[C@@H]3[C@H](O)CC4C[C@H](O)CC[C@]4(C)[C@H]3C[C@H](O)[C@]12C.O=C(O)O. The Balaban J connectivity index is 0.000000983. The summed E-state index contributed by atoms with van der Waals surface area (Å²) in [7, 11) is -4.10. The molecule has 4 fully saturated rings. The van der Waals surface area contributed by atoms with Crippen LogP contribution in [-0.4, -0.2) is 81.2 Å². The van der Waals surface area contributed by atoms with Crippen molar-refractivity contribution in [1.82, 2.24) is 5.32 Å². The van der Waals surface area contributed by atoms with Crippen molar-refractivity contribution in [2.75, 3.05) is 12.3 Å². The van der Waals surface area contributed by atoms with Crippen LogP contribution in [-0.2, 0) is 14.9 Å². The van der Waals surface area contributed by atoms with E-state index in [1.807, 2.05) is 0 Å². The lowest BCUT2D eigenvalue weighted by Crippen LogP contribution is -2.62. The summed E-state index contributed by atoms with van der Waals surface area (Å²) in [6, 6.07) is 0. The summed E-state index contributed by atoms with van der Waals surface area (Å²) in [5.41, 5.74) is -0.254. The molecule has 11 atom stereocenters. The highest BCUT2D eigenvalue weighted by Crippen LogP contribution is 2.68. The molecule has 11 nitrogen and oxygen atoms in total. The van der Waals surface area contributed by atoms with E-state index in [-0.39, 0.29) is 65.4 Å². The van der Waals surface area contributed by atoms with Crippen molar-refractivity contribution in [3.63, 3.8) is 0 Å². The van der Waals surface area contributed by atoms with E-state index in [0.717, 1.165) is 38.5 Å². The number of hydrogen-bond acceptors (Lipinski definition) is 7. The summed E-state index contributed by atoms with van der Waals surface area (Å²) in [5.74, 6) is 0.705. The number of rotatable bonds is 7. The number of carboxylic acid groups (broad SMARTS) is 2. The van der Waals surface area contributed by atoms with Gasteiger partial charge in [0.25, 0.3) is 10.1 Å². The van der Waals surface area contributed by atoms with Gasteiger partial charge in [0, 0.05) is 13.0 Å². The Bertz CT molecular complexity index is 987. The van der Waals surface area contributed by atoms with Crippen LogP contribution < -0.4 is 5.32 Å². The first-order chi connectivity index (χ1) is 18.0. The fourth-order valence-corrected chi connectivity index (χ4v) is 9.46. The molecule has 0 aromatic rings. The molecule has 4 aliphatic rings. The number of nitrogens with one attached hydrogen (secondary N) is 1. The van der Waals surface area contributed by atoms with Crippen molar-refractivity contribution in [2.45, 2.75) is 96.9 Å². The summed E-state index contributed by atoms with van der Waals surface area (Å²) in [5, 5.41) is 49.7. The molecule has 4 saturated carbocycles.